The summed E-state index contributed by atoms with van der Waals surface area (Å²) in [5.74, 6) is -1.04. The molecule has 0 aliphatic carbocycles. The molecule has 0 aliphatic heterocycles. The maximum Gasteiger partial charge on any atom is 0.332 e. The van der Waals surface area contributed by atoms with Crippen molar-refractivity contribution in [2.24, 2.45) is 0 Å². The van der Waals surface area contributed by atoms with E-state index in [0.29, 0.717) is 0 Å². The fourth-order valence-electron chi connectivity index (χ4n) is 0.227. The van der Waals surface area contributed by atoms with Gasteiger partial charge in [0.05, 0.1) is 0 Å². The minimum atomic E-state index is -1.30. The van der Waals surface area contributed by atoms with Crippen LogP contribution in [0.25, 0.3) is 0 Å². The molecule has 0 heterocycles. The Kier molecular flexibility index (Phi) is 3.56. The van der Waals surface area contributed by atoms with Crippen molar-refractivity contribution in [3.8, 4) is 0 Å². The summed E-state index contributed by atoms with van der Waals surface area (Å²) in [5.41, 5.74) is 0. The van der Waals surface area contributed by atoms with Crippen molar-refractivity contribution in [2.45, 2.75) is 12.5 Å². The lowest BCUT2D eigenvalue weighted by Crippen LogP contribution is -2.19. The first kappa shape index (κ1) is 7.72. The van der Waals surface area contributed by atoms with E-state index < -0.39 is 12.1 Å². The van der Waals surface area contributed by atoms with Gasteiger partial charge in [0, 0.05) is 5.88 Å². The van der Waals surface area contributed by atoms with Crippen LogP contribution in [0.3, 0.4) is 0 Å². The van der Waals surface area contributed by atoms with Crippen LogP contribution in [-0.2, 0) is 4.79 Å². The summed E-state index contributed by atoms with van der Waals surface area (Å²) in [6.07, 6.45) is -1.19. The third kappa shape index (κ3) is 2.82. The van der Waals surface area contributed by atoms with Gasteiger partial charge in [-0.1, -0.05) is 0 Å². The summed E-state index contributed by atoms with van der Waals surface area (Å²) < 4.78 is 0. The van der Waals surface area contributed by atoms with Crippen LogP contribution in [0, 0.1) is 0 Å². The third-order valence-corrected chi connectivity index (χ3v) is 0.886. The highest BCUT2D eigenvalue weighted by Crippen LogP contribution is 1.92. The predicted octanol–water partition coefficient (Wildman–Crippen LogP) is 0.0608. The van der Waals surface area contributed by atoms with Gasteiger partial charge in [-0.15, -0.1) is 11.6 Å². The Bertz CT molecular complexity index is 83.4. The molecule has 8 heavy (non-hydrogen) atoms. The summed E-state index contributed by atoms with van der Waals surface area (Å²) in [5, 5.41) is 16.4. The van der Waals surface area contributed by atoms with E-state index in [1.165, 1.54) is 0 Å². The van der Waals surface area contributed by atoms with Crippen LogP contribution in [-0.4, -0.2) is 28.2 Å². The van der Waals surface area contributed by atoms with Gasteiger partial charge in [-0.25, -0.2) is 4.79 Å². The fourth-order valence-corrected chi connectivity index (χ4v) is 0.434. The monoisotopic (exact) mass is 138 g/mol. The van der Waals surface area contributed by atoms with E-state index in [1.807, 2.05) is 0 Å². The Morgan fingerprint density at radius 1 is 1.75 bits per heavy atom. The standard InChI is InChI=1S/C4H7ClO3/c5-2-1-3(6)4(7)8/h3,6H,1-2H2,(H,7,8)/t3-/m0/s1. The molecule has 0 saturated carbocycles. The molecule has 0 rings (SSSR count). The Morgan fingerprint density at radius 2 is 2.25 bits per heavy atom. The molecule has 0 unspecified atom stereocenters. The van der Waals surface area contributed by atoms with E-state index in [2.05, 4.69) is 0 Å². The zero-order chi connectivity index (χ0) is 6.57. The molecule has 0 amide bonds. The van der Waals surface area contributed by atoms with Crippen LogP contribution < -0.4 is 0 Å². The smallest absolute Gasteiger partial charge is 0.332 e. The minimum absolute atomic E-state index is 0.108. The summed E-state index contributed by atoms with van der Waals surface area (Å²) in [6, 6.07) is 0. The van der Waals surface area contributed by atoms with Gasteiger partial charge in [-0.2, -0.15) is 0 Å². The summed E-state index contributed by atoms with van der Waals surface area (Å²) >= 11 is 5.12. The van der Waals surface area contributed by atoms with E-state index in [4.69, 9.17) is 21.8 Å². The molecule has 0 fully saturated rings. The molecular formula is C4H7ClO3. The first-order valence-corrected chi connectivity index (χ1v) is 2.68. The lowest BCUT2D eigenvalue weighted by molar-refractivity contribution is -0.146. The number of aliphatic hydroxyl groups is 1. The van der Waals surface area contributed by atoms with Crippen molar-refractivity contribution >= 4 is 17.6 Å². The van der Waals surface area contributed by atoms with Crippen LogP contribution >= 0.6 is 11.6 Å². The quantitative estimate of drug-likeness (QED) is 0.543. The minimum Gasteiger partial charge on any atom is -0.479 e. The Labute approximate surface area is 51.9 Å². The highest BCUT2D eigenvalue weighted by molar-refractivity contribution is 6.18. The van der Waals surface area contributed by atoms with Crippen LogP contribution in [0.5, 0.6) is 0 Å². The highest BCUT2D eigenvalue weighted by atomic mass is 35.5. The number of hydrogen-bond acceptors (Lipinski definition) is 2. The molecule has 2 N–H and O–H groups in total. The first-order valence-electron chi connectivity index (χ1n) is 2.15. The molecule has 3 nitrogen and oxygen atoms in total. The molecule has 0 bridgehead atoms. The number of carboxylic acid groups (broad SMARTS) is 1. The zero-order valence-electron chi connectivity index (χ0n) is 4.17. The molecule has 0 aromatic heterocycles. The number of alkyl halides is 1. The second kappa shape index (κ2) is 3.69. The van der Waals surface area contributed by atoms with Gasteiger partial charge in [0.1, 0.15) is 0 Å². The van der Waals surface area contributed by atoms with E-state index in [9.17, 15) is 4.79 Å². The molecular weight excluding hydrogens is 131 g/mol. The molecule has 4 heteroatoms. The summed E-state index contributed by atoms with van der Waals surface area (Å²) in [4.78, 5) is 9.78. The molecule has 0 spiro atoms. The molecule has 0 saturated heterocycles. The Morgan fingerprint density at radius 3 is 2.38 bits per heavy atom. The van der Waals surface area contributed by atoms with Crippen molar-refractivity contribution in [1.29, 1.82) is 0 Å². The molecule has 0 radical (unpaired) electrons. The number of aliphatic carboxylic acids is 1. The second-order valence-electron chi connectivity index (χ2n) is 1.33. The number of carboxylic acids is 1. The number of halogens is 1. The van der Waals surface area contributed by atoms with Crippen LogP contribution in [0.1, 0.15) is 6.42 Å². The third-order valence-electron chi connectivity index (χ3n) is 0.668. The van der Waals surface area contributed by atoms with Gasteiger partial charge in [0.15, 0.2) is 6.10 Å². The summed E-state index contributed by atoms with van der Waals surface area (Å²) in [6.45, 7) is 0. The van der Waals surface area contributed by atoms with Gasteiger partial charge in [-0.3, -0.25) is 0 Å². The van der Waals surface area contributed by atoms with Gasteiger partial charge < -0.3 is 10.2 Å². The van der Waals surface area contributed by atoms with Crippen molar-refractivity contribution in [1.82, 2.24) is 0 Å². The maximum atomic E-state index is 9.78. The summed E-state index contributed by atoms with van der Waals surface area (Å²) in [7, 11) is 0. The second-order valence-corrected chi connectivity index (χ2v) is 1.71. The highest BCUT2D eigenvalue weighted by Gasteiger charge is 2.10. The van der Waals surface area contributed by atoms with Crippen molar-refractivity contribution in [2.75, 3.05) is 5.88 Å². The molecule has 48 valence electrons. The SMILES string of the molecule is O=C(O)[C@@H](O)CCCl. The number of carbonyl (C=O) groups is 1. The number of rotatable bonds is 3. The van der Waals surface area contributed by atoms with Crippen LogP contribution in [0.15, 0.2) is 0 Å². The lowest BCUT2D eigenvalue weighted by Gasteiger charge is -1.98. The van der Waals surface area contributed by atoms with E-state index in [-0.39, 0.29) is 12.3 Å². The van der Waals surface area contributed by atoms with E-state index >= 15 is 0 Å². The number of hydrogen-bond donors (Lipinski definition) is 2. The molecule has 0 aliphatic rings. The normalized spacial score (nSPS) is 13.2. The van der Waals surface area contributed by atoms with Gasteiger partial charge >= 0.3 is 5.97 Å². The zero-order valence-corrected chi connectivity index (χ0v) is 4.93. The van der Waals surface area contributed by atoms with Crippen molar-refractivity contribution < 1.29 is 15.0 Å². The van der Waals surface area contributed by atoms with Gasteiger partial charge in [0.2, 0.25) is 0 Å². The van der Waals surface area contributed by atoms with E-state index in [0.717, 1.165) is 0 Å². The first-order chi connectivity index (χ1) is 3.68. The lowest BCUT2D eigenvalue weighted by atomic mass is 10.3. The van der Waals surface area contributed by atoms with Crippen LogP contribution in [0.4, 0.5) is 0 Å². The fraction of sp³-hybridized carbons (Fsp3) is 0.750. The maximum absolute atomic E-state index is 9.78. The van der Waals surface area contributed by atoms with E-state index in [1.54, 1.807) is 0 Å². The predicted molar refractivity (Wildman–Crippen MR) is 29.0 cm³/mol. The average Bonchev–Trinajstić information content (AvgIpc) is 1.67. The molecule has 0 aromatic rings. The molecule has 1 atom stereocenters. The van der Waals surface area contributed by atoms with Gasteiger partial charge in [0.25, 0.3) is 0 Å². The van der Waals surface area contributed by atoms with Crippen molar-refractivity contribution in [3.05, 3.63) is 0 Å². The average molecular weight is 139 g/mol. The molecule has 0 aromatic carbocycles. The van der Waals surface area contributed by atoms with Gasteiger partial charge in [-0.05, 0) is 6.42 Å². The number of aliphatic hydroxyl groups excluding tert-OH is 1. The van der Waals surface area contributed by atoms with Crippen molar-refractivity contribution in [3.63, 3.8) is 0 Å². The van der Waals surface area contributed by atoms with Crippen LogP contribution in [0.2, 0.25) is 0 Å². The Hall–Kier alpha value is -0.280. The largest absolute Gasteiger partial charge is 0.479 e. The Balaban J connectivity index is 3.32. The topological polar surface area (TPSA) is 57.5 Å².